The molecular formula is C12H11N3OS. The highest BCUT2D eigenvalue weighted by Gasteiger charge is 1.96. The number of hydrogen-bond donors (Lipinski definition) is 1. The van der Waals surface area contributed by atoms with Gasteiger partial charge in [-0.2, -0.15) is 5.10 Å². The number of nitrogens with one attached hydrogen (secondary N) is 1. The summed E-state index contributed by atoms with van der Waals surface area (Å²) < 4.78 is 0. The van der Waals surface area contributed by atoms with E-state index >= 15 is 0 Å². The van der Waals surface area contributed by atoms with Gasteiger partial charge in [-0.1, -0.05) is 23.6 Å². The van der Waals surface area contributed by atoms with Gasteiger partial charge in [0, 0.05) is 30.9 Å². The Labute approximate surface area is 103 Å². The van der Waals surface area contributed by atoms with Gasteiger partial charge in [0.15, 0.2) is 5.12 Å². The minimum absolute atomic E-state index is 0.132. The number of H-pyrrole nitrogens is 1. The predicted octanol–water partition coefficient (Wildman–Crippen LogP) is 1.98. The fraction of sp³-hybridized carbons (Fsp3) is 0.250. The maximum atomic E-state index is 10.7. The van der Waals surface area contributed by atoms with Crippen LogP contribution in [0.5, 0.6) is 0 Å². The maximum absolute atomic E-state index is 10.7. The molecule has 0 unspecified atom stereocenters. The van der Waals surface area contributed by atoms with Crippen molar-refractivity contribution in [2.24, 2.45) is 0 Å². The molecule has 4 nitrogen and oxygen atoms in total. The number of hydrogen-bond acceptors (Lipinski definition) is 4. The summed E-state index contributed by atoms with van der Waals surface area (Å²) in [5, 5.41) is 6.87. The van der Waals surface area contributed by atoms with E-state index in [0.717, 1.165) is 22.3 Å². The standard InChI is InChI=1S/C12H11N3OS/c1-9(16)17-5-3-2-4-10-6-11-12(13-7-10)8-14-15-11/h6-8H,3,5H2,1H3,(H,14,15). The van der Waals surface area contributed by atoms with Crippen molar-refractivity contribution < 1.29 is 4.79 Å². The largest absolute Gasteiger partial charge is 0.288 e. The molecule has 0 atom stereocenters. The normalized spacial score (nSPS) is 9.94. The monoisotopic (exact) mass is 245 g/mol. The Balaban J connectivity index is 1.98. The van der Waals surface area contributed by atoms with Crippen molar-refractivity contribution in [3.8, 4) is 11.8 Å². The maximum Gasteiger partial charge on any atom is 0.185 e. The van der Waals surface area contributed by atoms with E-state index in [-0.39, 0.29) is 5.12 Å². The zero-order valence-corrected chi connectivity index (χ0v) is 10.2. The van der Waals surface area contributed by atoms with Crippen molar-refractivity contribution in [3.05, 3.63) is 24.0 Å². The van der Waals surface area contributed by atoms with E-state index in [1.807, 2.05) is 6.07 Å². The molecule has 0 saturated carbocycles. The number of nitrogens with zero attached hydrogens (tertiary/aromatic N) is 2. The third-order valence-corrected chi connectivity index (χ3v) is 2.87. The minimum atomic E-state index is 0.132. The Morgan fingerprint density at radius 3 is 3.24 bits per heavy atom. The quantitative estimate of drug-likeness (QED) is 0.649. The fourth-order valence-electron chi connectivity index (χ4n) is 1.31. The van der Waals surface area contributed by atoms with Gasteiger partial charge in [-0.05, 0) is 6.07 Å². The first kappa shape index (κ1) is 11.7. The molecule has 0 aliphatic rings. The summed E-state index contributed by atoms with van der Waals surface area (Å²) in [4.78, 5) is 14.9. The van der Waals surface area contributed by atoms with Crippen molar-refractivity contribution >= 4 is 27.9 Å². The molecule has 0 aromatic carbocycles. The van der Waals surface area contributed by atoms with Crippen molar-refractivity contribution in [1.82, 2.24) is 15.2 Å². The fourth-order valence-corrected chi connectivity index (χ4v) is 1.80. The van der Waals surface area contributed by atoms with Gasteiger partial charge in [0.25, 0.3) is 0 Å². The van der Waals surface area contributed by atoms with Gasteiger partial charge in [-0.3, -0.25) is 14.9 Å². The van der Waals surface area contributed by atoms with Crippen LogP contribution in [0.25, 0.3) is 11.0 Å². The van der Waals surface area contributed by atoms with Crippen molar-refractivity contribution in [2.75, 3.05) is 5.75 Å². The third kappa shape index (κ3) is 3.33. The lowest BCUT2D eigenvalue weighted by molar-refractivity contribution is -0.109. The van der Waals surface area contributed by atoms with Crippen molar-refractivity contribution in [1.29, 1.82) is 0 Å². The smallest absolute Gasteiger partial charge is 0.185 e. The van der Waals surface area contributed by atoms with Crippen LogP contribution >= 0.6 is 11.8 Å². The lowest BCUT2D eigenvalue weighted by atomic mass is 10.2. The molecule has 86 valence electrons. The van der Waals surface area contributed by atoms with Crippen LogP contribution in [0.15, 0.2) is 18.5 Å². The average molecular weight is 245 g/mol. The lowest BCUT2D eigenvalue weighted by Crippen LogP contribution is -1.84. The van der Waals surface area contributed by atoms with Crippen LogP contribution in [-0.2, 0) is 4.79 Å². The van der Waals surface area contributed by atoms with Crippen molar-refractivity contribution in [3.63, 3.8) is 0 Å². The molecule has 0 amide bonds. The van der Waals surface area contributed by atoms with E-state index in [1.165, 1.54) is 11.8 Å². The van der Waals surface area contributed by atoms with Gasteiger partial charge in [0.05, 0.1) is 11.7 Å². The second kappa shape index (κ2) is 5.51. The molecule has 2 aromatic rings. The summed E-state index contributed by atoms with van der Waals surface area (Å²) in [7, 11) is 0. The number of thioether (sulfide) groups is 1. The Hall–Kier alpha value is -1.80. The van der Waals surface area contributed by atoms with Gasteiger partial charge < -0.3 is 0 Å². The molecule has 0 bridgehead atoms. The van der Waals surface area contributed by atoms with E-state index in [9.17, 15) is 4.79 Å². The molecule has 17 heavy (non-hydrogen) atoms. The van der Waals surface area contributed by atoms with E-state index in [1.54, 1.807) is 19.3 Å². The second-order valence-corrected chi connectivity index (χ2v) is 4.69. The molecule has 2 aromatic heterocycles. The highest BCUT2D eigenvalue weighted by molar-refractivity contribution is 8.13. The highest BCUT2D eigenvalue weighted by atomic mass is 32.2. The first-order chi connectivity index (χ1) is 8.25. The van der Waals surface area contributed by atoms with E-state index in [4.69, 9.17) is 0 Å². The molecule has 0 aliphatic carbocycles. The summed E-state index contributed by atoms with van der Waals surface area (Å²) in [5.74, 6) is 6.77. The average Bonchev–Trinajstić information content (AvgIpc) is 2.75. The van der Waals surface area contributed by atoms with Crippen LogP contribution in [0.4, 0.5) is 0 Å². The summed E-state index contributed by atoms with van der Waals surface area (Å²) in [6.45, 7) is 1.56. The lowest BCUT2D eigenvalue weighted by Gasteiger charge is -1.91. The Morgan fingerprint density at radius 2 is 2.41 bits per heavy atom. The molecular weight excluding hydrogens is 234 g/mol. The molecule has 2 heterocycles. The van der Waals surface area contributed by atoms with Crippen LogP contribution in [0.2, 0.25) is 0 Å². The highest BCUT2D eigenvalue weighted by Crippen LogP contribution is 2.08. The molecule has 5 heteroatoms. The number of carbonyl (C=O) groups excluding carboxylic acids is 1. The molecule has 0 spiro atoms. The third-order valence-electron chi connectivity index (χ3n) is 2.06. The molecule has 2 rings (SSSR count). The molecule has 1 N–H and O–H groups in total. The predicted molar refractivity (Wildman–Crippen MR) is 68.5 cm³/mol. The van der Waals surface area contributed by atoms with Crippen LogP contribution in [0, 0.1) is 11.8 Å². The van der Waals surface area contributed by atoms with Crippen LogP contribution in [0.1, 0.15) is 18.9 Å². The number of fused-ring (bicyclic) bond motifs is 1. The first-order valence-corrected chi connectivity index (χ1v) is 6.15. The Morgan fingerprint density at radius 1 is 1.53 bits per heavy atom. The van der Waals surface area contributed by atoms with Gasteiger partial charge >= 0.3 is 0 Å². The SMILES string of the molecule is CC(=O)SCCC#Cc1cnc2cn[nH]c2c1. The molecule has 0 aliphatic heterocycles. The molecule has 0 saturated heterocycles. The Bertz CT molecular complexity index is 594. The summed E-state index contributed by atoms with van der Waals surface area (Å²) in [5.41, 5.74) is 2.58. The zero-order valence-electron chi connectivity index (χ0n) is 9.36. The van der Waals surface area contributed by atoms with Crippen molar-refractivity contribution in [2.45, 2.75) is 13.3 Å². The van der Waals surface area contributed by atoms with E-state index in [2.05, 4.69) is 27.0 Å². The summed E-state index contributed by atoms with van der Waals surface area (Å²) in [6.07, 6.45) is 4.10. The minimum Gasteiger partial charge on any atom is -0.288 e. The second-order valence-electron chi connectivity index (χ2n) is 3.42. The first-order valence-electron chi connectivity index (χ1n) is 5.17. The summed E-state index contributed by atoms with van der Waals surface area (Å²) in [6, 6.07) is 1.92. The number of carbonyl (C=O) groups is 1. The number of pyridine rings is 1. The molecule has 0 fully saturated rings. The van der Waals surface area contributed by atoms with Gasteiger partial charge in [0.2, 0.25) is 0 Å². The number of rotatable bonds is 2. The van der Waals surface area contributed by atoms with E-state index in [0.29, 0.717) is 6.42 Å². The summed E-state index contributed by atoms with van der Waals surface area (Å²) >= 11 is 1.30. The van der Waals surface area contributed by atoms with Crippen LogP contribution in [-0.4, -0.2) is 26.0 Å². The molecule has 0 radical (unpaired) electrons. The van der Waals surface area contributed by atoms with Gasteiger partial charge in [0.1, 0.15) is 5.52 Å². The Kier molecular flexibility index (Phi) is 3.78. The van der Waals surface area contributed by atoms with Crippen LogP contribution in [0.3, 0.4) is 0 Å². The van der Waals surface area contributed by atoms with Gasteiger partial charge in [-0.25, -0.2) is 0 Å². The number of aromatic amines is 1. The van der Waals surface area contributed by atoms with Gasteiger partial charge in [-0.15, -0.1) is 0 Å². The number of aromatic nitrogens is 3. The van der Waals surface area contributed by atoms with Crippen LogP contribution < -0.4 is 0 Å². The zero-order chi connectivity index (χ0) is 12.1. The topological polar surface area (TPSA) is 58.6 Å². The van der Waals surface area contributed by atoms with E-state index < -0.39 is 0 Å².